The van der Waals surface area contributed by atoms with E-state index >= 15 is 0 Å². The molecule has 0 spiro atoms. The lowest BCUT2D eigenvalue weighted by atomic mass is 10.2. The first-order valence-electron chi connectivity index (χ1n) is 7.97. The van der Waals surface area contributed by atoms with Gasteiger partial charge in [-0.1, -0.05) is 36.4 Å². The van der Waals surface area contributed by atoms with Crippen molar-refractivity contribution in [3.63, 3.8) is 0 Å². The molecule has 0 aliphatic carbocycles. The summed E-state index contributed by atoms with van der Waals surface area (Å²) in [5, 5.41) is 0. The Morgan fingerprint density at radius 3 is 2.07 bits per heavy atom. The minimum atomic E-state index is -0.778. The van der Waals surface area contributed by atoms with E-state index in [9.17, 15) is 14.4 Å². The molecule has 1 aliphatic heterocycles. The summed E-state index contributed by atoms with van der Waals surface area (Å²) in [6.07, 6.45) is 5.24. The highest BCUT2D eigenvalue weighted by Crippen LogP contribution is 2.19. The van der Waals surface area contributed by atoms with E-state index in [1.807, 2.05) is 0 Å². The molecule has 1 aliphatic rings. The third-order valence-corrected chi connectivity index (χ3v) is 3.42. The molecular weight excluding hydrogens is 348 g/mol. The second-order valence-corrected chi connectivity index (χ2v) is 5.32. The van der Waals surface area contributed by atoms with Gasteiger partial charge < -0.3 is 14.2 Å². The lowest BCUT2D eigenvalue weighted by Crippen LogP contribution is -2.09. The molecule has 1 heterocycles. The number of benzene rings is 2. The average molecular weight is 362 g/mol. The Labute approximate surface area is 155 Å². The van der Waals surface area contributed by atoms with E-state index in [0.717, 1.165) is 6.26 Å². The molecule has 0 aromatic heterocycles. The molecule has 2 aromatic rings. The van der Waals surface area contributed by atoms with E-state index in [1.54, 1.807) is 60.7 Å². The minimum absolute atomic E-state index is 0.155. The maximum absolute atomic E-state index is 12.0. The smallest absolute Gasteiger partial charge is 0.379 e. The van der Waals surface area contributed by atoms with Crippen LogP contribution >= 0.6 is 0 Å². The first-order chi connectivity index (χ1) is 13.1. The van der Waals surface area contributed by atoms with Gasteiger partial charge in [-0.3, -0.25) is 0 Å². The van der Waals surface area contributed by atoms with Gasteiger partial charge in [0.25, 0.3) is 0 Å². The van der Waals surface area contributed by atoms with Crippen molar-refractivity contribution in [2.45, 2.75) is 0 Å². The van der Waals surface area contributed by atoms with E-state index in [1.165, 1.54) is 18.2 Å². The van der Waals surface area contributed by atoms with Crippen molar-refractivity contribution in [3.8, 4) is 0 Å². The summed E-state index contributed by atoms with van der Waals surface area (Å²) in [6.45, 7) is 0. The van der Waals surface area contributed by atoms with Gasteiger partial charge in [-0.15, -0.1) is 0 Å². The molecule has 0 saturated heterocycles. The van der Waals surface area contributed by atoms with Gasteiger partial charge >= 0.3 is 17.9 Å². The molecule has 0 saturated carbocycles. The predicted molar refractivity (Wildman–Crippen MR) is 95.1 cm³/mol. The van der Waals surface area contributed by atoms with Crippen molar-refractivity contribution in [2.75, 3.05) is 0 Å². The maximum atomic E-state index is 12.0. The summed E-state index contributed by atoms with van der Waals surface area (Å²) < 4.78 is 15.0. The summed E-state index contributed by atoms with van der Waals surface area (Å²) in [6, 6.07) is 16.8. The van der Waals surface area contributed by atoms with Gasteiger partial charge in [0, 0.05) is 6.08 Å². The topological polar surface area (TPSA) is 78.9 Å². The molecule has 27 heavy (non-hydrogen) atoms. The molecule has 6 nitrogen and oxygen atoms in total. The predicted octanol–water partition coefficient (Wildman–Crippen LogP) is 3.54. The minimum Gasteiger partial charge on any atom is -0.431 e. The molecule has 3 rings (SSSR count). The molecule has 2 aromatic carbocycles. The third-order valence-electron chi connectivity index (χ3n) is 3.42. The highest BCUT2D eigenvalue weighted by atomic mass is 16.6. The molecule has 0 bridgehead atoms. The van der Waals surface area contributed by atoms with Crippen LogP contribution in [0.4, 0.5) is 0 Å². The van der Waals surface area contributed by atoms with Crippen LogP contribution in [0.5, 0.6) is 0 Å². The number of esters is 3. The molecule has 0 unspecified atom stereocenters. The van der Waals surface area contributed by atoms with E-state index in [2.05, 4.69) is 0 Å². The first kappa shape index (κ1) is 17.9. The Hall–Kier alpha value is -3.93. The Kier molecular flexibility index (Phi) is 5.59. The van der Waals surface area contributed by atoms with Crippen LogP contribution in [0.2, 0.25) is 0 Å². The highest BCUT2D eigenvalue weighted by molar-refractivity contribution is 5.97. The molecular formula is C21H14O6. The van der Waals surface area contributed by atoms with Gasteiger partial charge in [0.15, 0.2) is 0 Å². The maximum Gasteiger partial charge on any atom is 0.379 e. The van der Waals surface area contributed by atoms with Crippen LogP contribution in [-0.2, 0) is 19.0 Å². The molecule has 0 fully saturated rings. The lowest BCUT2D eigenvalue weighted by Gasteiger charge is -2.01. The van der Waals surface area contributed by atoms with E-state index in [0.29, 0.717) is 11.1 Å². The number of allylic oxidation sites excluding steroid dienone is 3. The van der Waals surface area contributed by atoms with Crippen molar-refractivity contribution in [1.82, 2.24) is 0 Å². The molecule has 134 valence electrons. The van der Waals surface area contributed by atoms with Crippen molar-refractivity contribution in [1.29, 1.82) is 0 Å². The quantitative estimate of drug-likeness (QED) is 0.460. The van der Waals surface area contributed by atoms with Gasteiger partial charge in [-0.05, 0) is 36.4 Å². The Morgan fingerprint density at radius 2 is 1.44 bits per heavy atom. The number of rotatable bonds is 5. The zero-order valence-corrected chi connectivity index (χ0v) is 14.0. The lowest BCUT2D eigenvalue weighted by molar-refractivity contribution is -0.135. The zero-order valence-electron chi connectivity index (χ0n) is 14.0. The second-order valence-electron chi connectivity index (χ2n) is 5.32. The van der Waals surface area contributed by atoms with Gasteiger partial charge in [0.1, 0.15) is 5.76 Å². The van der Waals surface area contributed by atoms with Crippen LogP contribution in [0, 0.1) is 0 Å². The number of carbonyl (C=O) groups is 3. The normalized spacial score (nSPS) is 14.7. The summed E-state index contributed by atoms with van der Waals surface area (Å²) in [7, 11) is 0. The van der Waals surface area contributed by atoms with Crippen LogP contribution in [0.25, 0.3) is 0 Å². The van der Waals surface area contributed by atoms with Crippen LogP contribution in [-0.4, -0.2) is 17.9 Å². The fraction of sp³-hybridized carbons (Fsp3) is 0. The van der Waals surface area contributed by atoms with Gasteiger partial charge in [0.2, 0.25) is 5.76 Å². The van der Waals surface area contributed by atoms with Gasteiger partial charge in [0.05, 0.1) is 17.4 Å². The number of carbonyl (C=O) groups excluding carboxylic acids is 3. The summed E-state index contributed by atoms with van der Waals surface area (Å²) >= 11 is 0. The zero-order chi connectivity index (χ0) is 19.1. The molecule has 0 radical (unpaired) electrons. The van der Waals surface area contributed by atoms with Crippen molar-refractivity contribution in [3.05, 3.63) is 108 Å². The largest absolute Gasteiger partial charge is 0.431 e. The van der Waals surface area contributed by atoms with E-state index in [4.69, 9.17) is 14.2 Å². The highest BCUT2D eigenvalue weighted by Gasteiger charge is 2.25. The first-order valence-corrected chi connectivity index (χ1v) is 7.97. The van der Waals surface area contributed by atoms with Gasteiger partial charge in [-0.25, -0.2) is 14.4 Å². The van der Waals surface area contributed by atoms with Crippen LogP contribution < -0.4 is 0 Å². The number of hydrogen-bond donors (Lipinski definition) is 0. The third kappa shape index (κ3) is 4.79. The molecule has 0 N–H and O–H groups in total. The van der Waals surface area contributed by atoms with E-state index in [-0.39, 0.29) is 11.5 Å². The fourth-order valence-corrected chi connectivity index (χ4v) is 2.14. The van der Waals surface area contributed by atoms with Crippen molar-refractivity contribution >= 4 is 17.9 Å². The summed E-state index contributed by atoms with van der Waals surface area (Å²) in [5.74, 6) is -2.01. The Morgan fingerprint density at radius 1 is 0.852 bits per heavy atom. The summed E-state index contributed by atoms with van der Waals surface area (Å²) in [5.41, 5.74) is 0.730. The van der Waals surface area contributed by atoms with Crippen LogP contribution in [0.1, 0.15) is 20.7 Å². The number of ether oxygens (including phenoxy) is 3. The van der Waals surface area contributed by atoms with E-state index < -0.39 is 17.9 Å². The monoisotopic (exact) mass is 362 g/mol. The standard InChI is InChI=1S/C21H14O6/c22-19(15-8-3-1-4-9-15)25-13-7-12-17-14-18(21(24)26-17)27-20(23)16-10-5-2-6-11-16/h1-14H/b13-7-,17-12?. The molecule has 0 amide bonds. The van der Waals surface area contributed by atoms with Crippen molar-refractivity contribution in [2.24, 2.45) is 0 Å². The fourth-order valence-electron chi connectivity index (χ4n) is 2.14. The molecule has 6 heteroatoms. The van der Waals surface area contributed by atoms with Crippen LogP contribution in [0.3, 0.4) is 0 Å². The van der Waals surface area contributed by atoms with Crippen molar-refractivity contribution < 1.29 is 28.6 Å². The molecule has 0 atom stereocenters. The Bertz CT molecular complexity index is 939. The number of cyclic esters (lactones) is 1. The van der Waals surface area contributed by atoms with Gasteiger partial charge in [-0.2, -0.15) is 0 Å². The second kappa shape index (κ2) is 8.44. The van der Waals surface area contributed by atoms with Crippen LogP contribution in [0.15, 0.2) is 96.7 Å². The number of hydrogen-bond acceptors (Lipinski definition) is 6. The SMILES string of the molecule is O=C1OC(=C/C=C\OC(=O)c2ccccc2)C=C1OC(=O)c1ccccc1. The Balaban J connectivity index is 1.58. The summed E-state index contributed by atoms with van der Waals surface area (Å²) in [4.78, 5) is 35.5. The average Bonchev–Trinajstić information content (AvgIpc) is 3.05.